The summed E-state index contributed by atoms with van der Waals surface area (Å²) in [6.07, 6.45) is 1.87. The number of carbonyl (C=O) groups excluding carboxylic acids is 2. The van der Waals surface area contributed by atoms with E-state index in [9.17, 15) is 9.59 Å². The highest BCUT2D eigenvalue weighted by molar-refractivity contribution is 14.0. The maximum atomic E-state index is 12.4. The zero-order chi connectivity index (χ0) is 17.1. The number of methoxy groups -OCH3 is 1. The Bertz CT molecular complexity index is 921. The van der Waals surface area contributed by atoms with Crippen LogP contribution < -0.4 is 9.88 Å². The second kappa shape index (κ2) is 8.11. The third-order valence-corrected chi connectivity index (χ3v) is 3.80. The number of nitrogens with one attached hydrogen (secondary N) is 1. The number of rotatable bonds is 4. The van der Waals surface area contributed by atoms with Crippen molar-refractivity contribution < 1.29 is 18.9 Å². The highest BCUT2D eigenvalue weighted by Crippen LogP contribution is 2.16. The van der Waals surface area contributed by atoms with Gasteiger partial charge in [0.1, 0.15) is 0 Å². The number of aromatic nitrogens is 2. The molecule has 0 radical (unpaired) electrons. The third kappa shape index (κ3) is 3.98. The molecule has 1 N–H and O–H groups in total. The second-order valence-electron chi connectivity index (χ2n) is 5.43. The van der Waals surface area contributed by atoms with Crippen LogP contribution in [0, 0.1) is 0 Å². The van der Waals surface area contributed by atoms with Crippen molar-refractivity contribution in [1.29, 1.82) is 0 Å². The molecule has 0 atom stereocenters. The van der Waals surface area contributed by atoms with Crippen LogP contribution in [-0.4, -0.2) is 23.6 Å². The first kappa shape index (κ1) is 18.9. The number of esters is 1. The Morgan fingerprint density at radius 3 is 2.56 bits per heavy atom. The van der Waals surface area contributed by atoms with E-state index in [-0.39, 0.29) is 36.4 Å². The van der Waals surface area contributed by atoms with Crippen molar-refractivity contribution in [3.05, 3.63) is 60.4 Å². The lowest BCUT2D eigenvalue weighted by Gasteiger charge is -2.08. The van der Waals surface area contributed by atoms with Gasteiger partial charge in [-0.05, 0) is 24.3 Å². The molecular formula is C18H19IN3O3+. The third-order valence-electron chi connectivity index (χ3n) is 3.80. The molecule has 130 valence electrons. The Hall–Kier alpha value is -2.42. The number of aryl methyl sites for hydroxylation is 1. The molecular weight excluding hydrogens is 433 g/mol. The molecule has 6 nitrogen and oxygen atoms in total. The van der Waals surface area contributed by atoms with E-state index < -0.39 is 5.97 Å². The molecule has 0 spiro atoms. The van der Waals surface area contributed by atoms with Crippen molar-refractivity contribution >= 4 is 52.6 Å². The van der Waals surface area contributed by atoms with Crippen molar-refractivity contribution in [2.24, 2.45) is 7.05 Å². The summed E-state index contributed by atoms with van der Waals surface area (Å²) >= 11 is 0. The molecule has 0 unspecified atom stereocenters. The average molecular weight is 452 g/mol. The maximum absolute atomic E-state index is 12.4. The molecule has 0 aliphatic heterocycles. The fourth-order valence-electron chi connectivity index (χ4n) is 2.69. The quantitative estimate of drug-likeness (QED) is 0.376. The summed E-state index contributed by atoms with van der Waals surface area (Å²) < 4.78 is 8.57. The van der Waals surface area contributed by atoms with Gasteiger partial charge in [0.2, 0.25) is 6.33 Å². The van der Waals surface area contributed by atoms with E-state index in [2.05, 4.69) is 5.32 Å². The molecule has 2 aromatic carbocycles. The fourth-order valence-corrected chi connectivity index (χ4v) is 2.69. The molecule has 0 bridgehead atoms. The molecule has 3 rings (SSSR count). The van der Waals surface area contributed by atoms with Crippen molar-refractivity contribution in [3.8, 4) is 0 Å². The van der Waals surface area contributed by atoms with Crippen LogP contribution in [0.15, 0.2) is 54.9 Å². The topological polar surface area (TPSA) is 64.2 Å². The number of benzene rings is 2. The number of nitrogens with zero attached hydrogens (tertiary/aromatic N) is 2. The summed E-state index contributed by atoms with van der Waals surface area (Å²) in [6, 6.07) is 14.6. The molecule has 7 heteroatoms. The van der Waals surface area contributed by atoms with Gasteiger partial charge in [-0.15, -0.1) is 24.0 Å². The van der Waals surface area contributed by atoms with Crippen LogP contribution in [0.3, 0.4) is 0 Å². The Morgan fingerprint density at radius 1 is 1.12 bits per heavy atom. The molecule has 1 heterocycles. The molecule has 1 aromatic heterocycles. The molecule has 0 aliphatic carbocycles. The standard InChI is InChI=1S/C18H17N3O3.HI/c1-20-12-21(16-10-6-5-9-15(16)20)11-17(22)19-14-8-4-3-7-13(14)18(23)24-2;/h3-10,12H,11H2,1-2H3;1H/p+1. The van der Waals surface area contributed by atoms with Gasteiger partial charge < -0.3 is 10.1 Å². The number of fused-ring (bicyclic) bond motifs is 1. The highest BCUT2D eigenvalue weighted by Gasteiger charge is 2.18. The summed E-state index contributed by atoms with van der Waals surface area (Å²) in [5, 5.41) is 2.78. The zero-order valence-corrected chi connectivity index (χ0v) is 16.3. The van der Waals surface area contributed by atoms with E-state index in [1.54, 1.807) is 24.3 Å². The summed E-state index contributed by atoms with van der Waals surface area (Å²) in [6.45, 7) is 0.150. The minimum absolute atomic E-state index is 0. The Kier molecular flexibility index (Phi) is 6.13. The first-order chi connectivity index (χ1) is 11.6. The Labute approximate surface area is 162 Å². The summed E-state index contributed by atoms with van der Waals surface area (Å²) in [4.78, 5) is 24.2. The number of anilines is 1. The van der Waals surface area contributed by atoms with E-state index in [1.165, 1.54) is 7.11 Å². The fraction of sp³-hybridized carbons (Fsp3) is 0.167. The van der Waals surface area contributed by atoms with Gasteiger partial charge in [0.05, 0.1) is 25.4 Å². The highest BCUT2D eigenvalue weighted by atomic mass is 127. The molecule has 0 fully saturated rings. The van der Waals surface area contributed by atoms with Gasteiger partial charge in [0, 0.05) is 0 Å². The van der Waals surface area contributed by atoms with Gasteiger partial charge in [-0.25, -0.2) is 13.9 Å². The lowest BCUT2D eigenvalue weighted by atomic mass is 10.2. The second-order valence-corrected chi connectivity index (χ2v) is 5.43. The van der Waals surface area contributed by atoms with Crippen LogP contribution in [0.5, 0.6) is 0 Å². The van der Waals surface area contributed by atoms with E-state index in [0.717, 1.165) is 11.0 Å². The van der Waals surface area contributed by atoms with Crippen molar-refractivity contribution in [1.82, 2.24) is 4.57 Å². The van der Waals surface area contributed by atoms with Crippen LogP contribution in [-0.2, 0) is 23.1 Å². The monoisotopic (exact) mass is 452 g/mol. The SMILES string of the molecule is COC(=O)c1ccccc1NC(=O)Cn1c[n+](C)c2ccccc21.I. The van der Waals surface area contributed by atoms with Gasteiger partial charge in [-0.3, -0.25) is 4.79 Å². The molecule has 0 saturated heterocycles. The van der Waals surface area contributed by atoms with Gasteiger partial charge >= 0.3 is 5.97 Å². The predicted octanol–water partition coefficient (Wildman–Crippen LogP) is 2.51. The molecule has 3 aromatic rings. The first-order valence-electron chi connectivity index (χ1n) is 7.51. The van der Waals surface area contributed by atoms with E-state index in [1.807, 2.05) is 46.8 Å². The minimum atomic E-state index is -0.483. The van der Waals surface area contributed by atoms with E-state index in [0.29, 0.717) is 11.3 Å². The Balaban J connectivity index is 0.00000225. The number of hydrogen-bond acceptors (Lipinski definition) is 3. The maximum Gasteiger partial charge on any atom is 0.339 e. The summed E-state index contributed by atoms with van der Waals surface area (Å²) in [5.41, 5.74) is 2.78. The van der Waals surface area contributed by atoms with Crippen LogP contribution in [0.1, 0.15) is 10.4 Å². The normalized spacial score (nSPS) is 10.2. The van der Waals surface area contributed by atoms with Crippen LogP contribution >= 0.6 is 24.0 Å². The molecule has 1 amide bonds. The lowest BCUT2D eigenvalue weighted by Crippen LogP contribution is -2.26. The predicted molar refractivity (Wildman–Crippen MR) is 105 cm³/mol. The number of amides is 1. The van der Waals surface area contributed by atoms with Gasteiger partial charge in [-0.1, -0.05) is 24.3 Å². The van der Waals surface area contributed by atoms with Crippen molar-refractivity contribution in [3.63, 3.8) is 0 Å². The van der Waals surface area contributed by atoms with Crippen LogP contribution in [0.2, 0.25) is 0 Å². The molecule has 0 aliphatic rings. The number of imidazole rings is 1. The van der Waals surface area contributed by atoms with Crippen molar-refractivity contribution in [2.45, 2.75) is 6.54 Å². The number of ether oxygens (including phenoxy) is 1. The molecule has 25 heavy (non-hydrogen) atoms. The van der Waals surface area contributed by atoms with Gasteiger partial charge in [0.15, 0.2) is 17.6 Å². The minimum Gasteiger partial charge on any atom is -0.465 e. The van der Waals surface area contributed by atoms with Crippen LogP contribution in [0.25, 0.3) is 11.0 Å². The average Bonchev–Trinajstić information content (AvgIpc) is 2.91. The van der Waals surface area contributed by atoms with Crippen molar-refractivity contribution in [2.75, 3.05) is 12.4 Å². The smallest absolute Gasteiger partial charge is 0.339 e. The Morgan fingerprint density at radius 2 is 1.80 bits per heavy atom. The lowest BCUT2D eigenvalue weighted by molar-refractivity contribution is -0.645. The van der Waals surface area contributed by atoms with E-state index in [4.69, 9.17) is 4.74 Å². The van der Waals surface area contributed by atoms with Gasteiger partial charge in [-0.2, -0.15) is 0 Å². The van der Waals surface area contributed by atoms with Gasteiger partial charge in [0.25, 0.3) is 5.91 Å². The number of para-hydroxylation sites is 3. The largest absolute Gasteiger partial charge is 0.465 e. The first-order valence-corrected chi connectivity index (χ1v) is 7.51. The number of carbonyl (C=O) groups is 2. The summed E-state index contributed by atoms with van der Waals surface area (Å²) in [7, 11) is 3.25. The number of halogens is 1. The summed E-state index contributed by atoms with van der Waals surface area (Å²) in [5.74, 6) is -0.698. The van der Waals surface area contributed by atoms with E-state index >= 15 is 0 Å². The number of hydrogen-bond donors (Lipinski definition) is 1. The zero-order valence-electron chi connectivity index (χ0n) is 13.9. The molecule has 0 saturated carbocycles. The van der Waals surface area contributed by atoms with Crippen LogP contribution in [0.4, 0.5) is 5.69 Å².